The van der Waals surface area contributed by atoms with Gasteiger partial charge in [-0.05, 0) is 77.9 Å². The number of halogens is 1. The van der Waals surface area contributed by atoms with Crippen molar-refractivity contribution in [3.8, 4) is 22.6 Å². The molecule has 0 atom stereocenters. The fraction of sp³-hybridized carbons (Fsp3) is 0. The Bertz CT molecular complexity index is 1420. The van der Waals surface area contributed by atoms with Gasteiger partial charge in [-0.2, -0.15) is 5.10 Å². The van der Waals surface area contributed by atoms with E-state index in [0.29, 0.717) is 16.5 Å². The summed E-state index contributed by atoms with van der Waals surface area (Å²) in [6.07, 6.45) is 3.46. The summed E-state index contributed by atoms with van der Waals surface area (Å²) in [6.45, 7) is 0. The van der Waals surface area contributed by atoms with Crippen LogP contribution in [0.25, 0.3) is 22.2 Å². The van der Waals surface area contributed by atoms with E-state index in [-0.39, 0.29) is 0 Å². The van der Waals surface area contributed by atoms with E-state index in [1.165, 1.54) is 0 Å². The summed E-state index contributed by atoms with van der Waals surface area (Å²) in [5.74, 6) is 2.16. The van der Waals surface area contributed by atoms with Crippen molar-refractivity contribution in [2.45, 2.75) is 0 Å². The summed E-state index contributed by atoms with van der Waals surface area (Å²) in [4.78, 5) is 9.04. The van der Waals surface area contributed by atoms with E-state index < -0.39 is 0 Å². The molecule has 0 radical (unpaired) electrons. The molecule has 0 aliphatic rings. The molecule has 0 spiro atoms. The highest BCUT2D eigenvalue weighted by molar-refractivity contribution is 6.30. The second kappa shape index (κ2) is 9.51. The van der Waals surface area contributed by atoms with Crippen LogP contribution < -0.4 is 10.2 Å². The van der Waals surface area contributed by atoms with Crippen molar-refractivity contribution in [3.05, 3.63) is 114 Å². The van der Waals surface area contributed by atoms with Crippen LogP contribution in [0.4, 0.5) is 5.82 Å². The first-order valence-corrected chi connectivity index (χ1v) is 10.8. The summed E-state index contributed by atoms with van der Waals surface area (Å²) in [6, 6.07) is 30.9. The molecule has 33 heavy (non-hydrogen) atoms. The second-order valence-corrected chi connectivity index (χ2v) is 7.74. The topological polar surface area (TPSA) is 59.4 Å². The molecule has 0 bridgehead atoms. The predicted molar refractivity (Wildman–Crippen MR) is 134 cm³/mol. The predicted octanol–water partition coefficient (Wildman–Crippen LogP) is 7.19. The van der Waals surface area contributed by atoms with Crippen LogP contribution in [0, 0.1) is 0 Å². The van der Waals surface area contributed by atoms with Gasteiger partial charge in [-0.3, -0.25) is 5.43 Å². The lowest BCUT2D eigenvalue weighted by Gasteiger charge is -2.10. The molecule has 6 heteroatoms. The third-order valence-electron chi connectivity index (χ3n) is 4.97. The number of pyridine rings is 2. The highest BCUT2D eigenvalue weighted by Gasteiger charge is 2.10. The van der Waals surface area contributed by atoms with E-state index in [0.717, 1.165) is 33.6 Å². The Balaban J connectivity index is 1.38. The van der Waals surface area contributed by atoms with Crippen molar-refractivity contribution in [1.82, 2.24) is 9.97 Å². The number of aromatic nitrogens is 2. The molecule has 0 fully saturated rings. The van der Waals surface area contributed by atoms with Gasteiger partial charge < -0.3 is 4.74 Å². The molecule has 2 aromatic heterocycles. The zero-order valence-corrected chi connectivity index (χ0v) is 18.3. The maximum Gasteiger partial charge on any atom is 0.161 e. The van der Waals surface area contributed by atoms with E-state index in [4.69, 9.17) is 16.3 Å². The van der Waals surface area contributed by atoms with Crippen LogP contribution in [0.1, 0.15) is 5.56 Å². The number of hydrazone groups is 1. The van der Waals surface area contributed by atoms with Gasteiger partial charge in [-0.25, -0.2) is 9.97 Å². The fourth-order valence-corrected chi connectivity index (χ4v) is 3.57. The van der Waals surface area contributed by atoms with Crippen molar-refractivity contribution in [1.29, 1.82) is 0 Å². The Hall–Kier alpha value is -4.22. The van der Waals surface area contributed by atoms with Gasteiger partial charge in [-0.1, -0.05) is 41.9 Å². The third-order valence-corrected chi connectivity index (χ3v) is 5.20. The SMILES string of the molecule is Clc1cccc(-c2cc3cccnc3nc2N/N=C\c2ccc(Oc3ccccc3)cc2)c1. The molecule has 0 amide bonds. The fourth-order valence-electron chi connectivity index (χ4n) is 3.38. The minimum atomic E-state index is 0.601. The molecule has 0 aliphatic carbocycles. The molecule has 0 aliphatic heterocycles. The largest absolute Gasteiger partial charge is 0.457 e. The second-order valence-electron chi connectivity index (χ2n) is 7.30. The molecule has 1 N–H and O–H groups in total. The van der Waals surface area contributed by atoms with Crippen molar-refractivity contribution in [3.63, 3.8) is 0 Å². The van der Waals surface area contributed by atoms with Crippen molar-refractivity contribution in [2.24, 2.45) is 5.10 Å². The number of rotatable bonds is 6. The molecule has 0 unspecified atom stereocenters. The minimum Gasteiger partial charge on any atom is -0.457 e. The maximum absolute atomic E-state index is 6.22. The third kappa shape index (κ3) is 5.00. The van der Waals surface area contributed by atoms with Gasteiger partial charge >= 0.3 is 0 Å². The normalized spacial score (nSPS) is 11.1. The molecular formula is C27H19ClN4O. The number of nitrogens with one attached hydrogen (secondary N) is 1. The zero-order valence-electron chi connectivity index (χ0n) is 17.5. The van der Waals surface area contributed by atoms with Crippen LogP contribution in [0.15, 0.2) is 108 Å². The summed E-state index contributed by atoms with van der Waals surface area (Å²) >= 11 is 6.22. The van der Waals surface area contributed by atoms with Gasteiger partial charge in [0.2, 0.25) is 0 Å². The Labute approximate surface area is 196 Å². The molecule has 5 aromatic rings. The number of nitrogens with zero attached hydrogens (tertiary/aromatic N) is 3. The number of hydrogen-bond acceptors (Lipinski definition) is 5. The number of fused-ring (bicyclic) bond motifs is 1. The lowest BCUT2D eigenvalue weighted by Crippen LogP contribution is -1.98. The summed E-state index contributed by atoms with van der Waals surface area (Å²) in [7, 11) is 0. The molecule has 2 heterocycles. The average Bonchev–Trinajstić information content (AvgIpc) is 2.85. The number of anilines is 1. The van der Waals surface area contributed by atoms with Crippen LogP contribution in [0.3, 0.4) is 0 Å². The number of ether oxygens (including phenoxy) is 1. The number of para-hydroxylation sites is 1. The molecule has 5 nitrogen and oxygen atoms in total. The summed E-state index contributed by atoms with van der Waals surface area (Å²) < 4.78 is 5.83. The van der Waals surface area contributed by atoms with Crippen LogP contribution in [0.5, 0.6) is 11.5 Å². The number of hydrogen-bond donors (Lipinski definition) is 1. The number of benzene rings is 3. The van der Waals surface area contributed by atoms with Gasteiger partial charge in [-0.15, -0.1) is 0 Å². The van der Waals surface area contributed by atoms with Gasteiger partial charge in [0.05, 0.1) is 6.21 Å². The Kier molecular flexibility index (Phi) is 5.95. The summed E-state index contributed by atoms with van der Waals surface area (Å²) in [5.41, 5.74) is 6.47. The molecular weight excluding hydrogens is 432 g/mol. The minimum absolute atomic E-state index is 0.601. The molecule has 0 saturated carbocycles. The van der Waals surface area contributed by atoms with E-state index in [1.54, 1.807) is 12.4 Å². The molecule has 3 aromatic carbocycles. The quantitative estimate of drug-likeness (QED) is 0.220. The monoisotopic (exact) mass is 450 g/mol. The van der Waals surface area contributed by atoms with Gasteiger partial charge in [0.1, 0.15) is 11.5 Å². The van der Waals surface area contributed by atoms with Gasteiger partial charge in [0, 0.05) is 22.2 Å². The van der Waals surface area contributed by atoms with Crippen molar-refractivity contribution in [2.75, 3.05) is 5.43 Å². The van der Waals surface area contributed by atoms with E-state index >= 15 is 0 Å². The highest BCUT2D eigenvalue weighted by atomic mass is 35.5. The van der Waals surface area contributed by atoms with Crippen LogP contribution in [-0.2, 0) is 0 Å². The smallest absolute Gasteiger partial charge is 0.161 e. The standard InChI is InChI=1S/C27H19ClN4O/c28-22-8-4-6-20(16-22)25-17-21-7-5-15-29-26(21)31-27(25)32-30-18-19-11-13-24(14-12-19)33-23-9-2-1-3-10-23/h1-18H,(H,29,31,32)/b30-18-. The van der Waals surface area contributed by atoms with E-state index in [1.807, 2.05) is 97.1 Å². The first-order valence-electron chi connectivity index (χ1n) is 10.4. The average molecular weight is 451 g/mol. The first kappa shape index (κ1) is 20.7. The lowest BCUT2D eigenvalue weighted by molar-refractivity contribution is 0.482. The van der Waals surface area contributed by atoms with Crippen LogP contribution in [-0.4, -0.2) is 16.2 Å². The maximum atomic E-state index is 6.22. The highest BCUT2D eigenvalue weighted by Crippen LogP contribution is 2.31. The zero-order chi connectivity index (χ0) is 22.5. The van der Waals surface area contributed by atoms with Crippen LogP contribution in [0.2, 0.25) is 5.02 Å². The Morgan fingerprint density at radius 3 is 2.45 bits per heavy atom. The van der Waals surface area contributed by atoms with Gasteiger partial charge in [0.25, 0.3) is 0 Å². The Morgan fingerprint density at radius 1 is 0.818 bits per heavy atom. The first-order chi connectivity index (χ1) is 16.2. The van der Waals surface area contributed by atoms with Crippen molar-refractivity contribution >= 4 is 34.7 Å². The Morgan fingerprint density at radius 2 is 1.64 bits per heavy atom. The van der Waals surface area contributed by atoms with Gasteiger partial charge in [0.15, 0.2) is 11.5 Å². The molecule has 160 valence electrons. The van der Waals surface area contributed by atoms with Crippen LogP contribution >= 0.6 is 11.6 Å². The molecule has 5 rings (SSSR count). The van der Waals surface area contributed by atoms with Crippen molar-refractivity contribution < 1.29 is 4.74 Å². The summed E-state index contributed by atoms with van der Waals surface area (Å²) in [5, 5.41) is 6.00. The molecule has 0 saturated heterocycles. The van der Waals surface area contributed by atoms with E-state index in [9.17, 15) is 0 Å². The lowest BCUT2D eigenvalue weighted by atomic mass is 10.1. The van der Waals surface area contributed by atoms with E-state index in [2.05, 4.69) is 20.5 Å².